The number of anilines is 1. The lowest BCUT2D eigenvalue weighted by atomic mass is 9.93. The van der Waals surface area contributed by atoms with Crippen molar-refractivity contribution in [3.8, 4) is 0 Å². The van der Waals surface area contributed by atoms with E-state index < -0.39 is 0 Å². The maximum Gasteiger partial charge on any atom is 0.0443 e. The van der Waals surface area contributed by atoms with Crippen LogP contribution in [0.15, 0.2) is 30.3 Å². The second-order valence-electron chi connectivity index (χ2n) is 7.38. The minimum Gasteiger partial charge on any atom is -0.368 e. The summed E-state index contributed by atoms with van der Waals surface area (Å²) in [5.41, 5.74) is 4.57. The number of benzene rings is 1. The van der Waals surface area contributed by atoms with Gasteiger partial charge in [-0.1, -0.05) is 50.5 Å². The van der Waals surface area contributed by atoms with Gasteiger partial charge >= 0.3 is 0 Å². The van der Waals surface area contributed by atoms with E-state index in [1.54, 1.807) is 5.57 Å². The molecule has 1 aliphatic heterocycles. The van der Waals surface area contributed by atoms with Crippen molar-refractivity contribution in [2.45, 2.75) is 58.3 Å². The SMILES string of the molecule is CCCCN1CCN(c2ccccc2/C2=C/CCCCCC2)CC1. The molecule has 3 rings (SSSR count). The lowest BCUT2D eigenvalue weighted by molar-refractivity contribution is 0.254. The average molecular weight is 327 g/mol. The summed E-state index contributed by atoms with van der Waals surface area (Å²) in [7, 11) is 0. The van der Waals surface area contributed by atoms with Crippen LogP contribution in [0.2, 0.25) is 0 Å². The summed E-state index contributed by atoms with van der Waals surface area (Å²) in [4.78, 5) is 5.26. The summed E-state index contributed by atoms with van der Waals surface area (Å²) in [6, 6.07) is 9.13. The van der Waals surface area contributed by atoms with Gasteiger partial charge in [0.1, 0.15) is 0 Å². The highest BCUT2D eigenvalue weighted by Crippen LogP contribution is 2.33. The van der Waals surface area contributed by atoms with Crippen molar-refractivity contribution in [3.63, 3.8) is 0 Å². The normalized spacial score (nSPS) is 22.5. The Morgan fingerprint density at radius 2 is 1.71 bits per heavy atom. The maximum absolute atomic E-state index is 2.64. The van der Waals surface area contributed by atoms with Gasteiger partial charge in [-0.3, -0.25) is 4.90 Å². The molecule has 2 nitrogen and oxygen atoms in total. The molecule has 0 N–H and O–H groups in total. The summed E-state index contributed by atoms with van der Waals surface area (Å²) >= 11 is 0. The molecule has 0 amide bonds. The Bertz CT molecular complexity index is 527. The van der Waals surface area contributed by atoms with E-state index in [9.17, 15) is 0 Å². The summed E-state index contributed by atoms with van der Waals surface area (Å²) in [6.45, 7) is 8.34. The third-order valence-electron chi connectivity index (χ3n) is 5.58. The number of para-hydroxylation sites is 1. The third-order valence-corrected chi connectivity index (χ3v) is 5.58. The van der Waals surface area contributed by atoms with E-state index in [-0.39, 0.29) is 0 Å². The highest BCUT2D eigenvalue weighted by Gasteiger charge is 2.19. The minimum absolute atomic E-state index is 1.17. The standard InChI is InChI=1S/C22H34N2/c1-2-3-15-23-16-18-24(19-17-23)22-14-10-9-13-21(22)20-11-7-5-4-6-8-12-20/h9-11,13-14H,2-8,12,15-19H2,1H3/b20-11+. The number of hydrogen-bond acceptors (Lipinski definition) is 2. The molecule has 132 valence electrons. The molecule has 1 saturated heterocycles. The van der Waals surface area contributed by atoms with Crippen LogP contribution in [0.5, 0.6) is 0 Å². The van der Waals surface area contributed by atoms with Crippen LogP contribution in [-0.4, -0.2) is 37.6 Å². The van der Waals surface area contributed by atoms with Crippen LogP contribution in [0.4, 0.5) is 5.69 Å². The second-order valence-corrected chi connectivity index (χ2v) is 7.38. The fourth-order valence-electron chi connectivity index (χ4n) is 4.05. The summed E-state index contributed by atoms with van der Waals surface area (Å²) < 4.78 is 0. The first-order chi connectivity index (χ1) is 11.9. The molecule has 1 heterocycles. The molecule has 2 heteroatoms. The van der Waals surface area contributed by atoms with Crippen LogP contribution in [0.1, 0.15) is 63.9 Å². The Kier molecular flexibility index (Phi) is 6.77. The van der Waals surface area contributed by atoms with Gasteiger partial charge in [0.25, 0.3) is 0 Å². The van der Waals surface area contributed by atoms with E-state index in [4.69, 9.17) is 0 Å². The van der Waals surface area contributed by atoms with Crippen molar-refractivity contribution < 1.29 is 0 Å². The summed E-state index contributed by atoms with van der Waals surface area (Å²) in [5, 5.41) is 0. The maximum atomic E-state index is 2.64. The largest absolute Gasteiger partial charge is 0.368 e. The number of piperazine rings is 1. The molecule has 0 atom stereocenters. The van der Waals surface area contributed by atoms with Crippen LogP contribution in [0.3, 0.4) is 0 Å². The zero-order chi connectivity index (χ0) is 16.6. The quantitative estimate of drug-likeness (QED) is 0.720. The van der Waals surface area contributed by atoms with Crippen LogP contribution in [-0.2, 0) is 0 Å². The monoisotopic (exact) mass is 326 g/mol. The smallest absolute Gasteiger partial charge is 0.0443 e. The van der Waals surface area contributed by atoms with E-state index >= 15 is 0 Å². The molecule has 0 saturated carbocycles. The topological polar surface area (TPSA) is 6.48 Å². The molecular formula is C22H34N2. The van der Waals surface area contributed by atoms with E-state index in [0.29, 0.717) is 0 Å². The Hall–Kier alpha value is -1.28. The zero-order valence-electron chi connectivity index (χ0n) is 15.5. The van der Waals surface area contributed by atoms with Crippen LogP contribution >= 0.6 is 0 Å². The number of rotatable bonds is 5. The molecule has 0 aromatic heterocycles. The van der Waals surface area contributed by atoms with Crippen LogP contribution in [0.25, 0.3) is 5.57 Å². The first-order valence-electron chi connectivity index (χ1n) is 10.1. The first kappa shape index (κ1) is 17.5. The molecule has 1 aromatic carbocycles. The van der Waals surface area contributed by atoms with Crippen molar-refractivity contribution in [1.82, 2.24) is 4.90 Å². The second kappa shape index (κ2) is 9.27. The van der Waals surface area contributed by atoms with E-state index in [2.05, 4.69) is 47.1 Å². The highest BCUT2D eigenvalue weighted by molar-refractivity contribution is 5.77. The van der Waals surface area contributed by atoms with Gasteiger partial charge in [0.15, 0.2) is 0 Å². The van der Waals surface area contributed by atoms with Gasteiger partial charge < -0.3 is 4.90 Å². The molecular weight excluding hydrogens is 292 g/mol. The minimum atomic E-state index is 1.17. The fourth-order valence-corrected chi connectivity index (χ4v) is 4.05. The van der Waals surface area contributed by atoms with E-state index in [0.717, 1.165) is 0 Å². The molecule has 24 heavy (non-hydrogen) atoms. The van der Waals surface area contributed by atoms with Gasteiger partial charge in [-0.15, -0.1) is 0 Å². The zero-order valence-corrected chi connectivity index (χ0v) is 15.5. The molecule has 0 radical (unpaired) electrons. The van der Waals surface area contributed by atoms with Gasteiger partial charge in [0.2, 0.25) is 0 Å². The predicted octanol–water partition coefficient (Wildman–Crippen LogP) is 5.35. The summed E-state index contributed by atoms with van der Waals surface area (Å²) in [6.07, 6.45) is 13.2. The molecule has 0 spiro atoms. The molecule has 1 fully saturated rings. The molecule has 0 unspecified atom stereocenters. The molecule has 2 aliphatic rings. The lowest BCUT2D eigenvalue weighted by Gasteiger charge is -2.37. The van der Waals surface area contributed by atoms with Crippen molar-refractivity contribution in [3.05, 3.63) is 35.9 Å². The van der Waals surface area contributed by atoms with Crippen molar-refractivity contribution in [2.75, 3.05) is 37.6 Å². The Labute approximate surface area is 148 Å². The van der Waals surface area contributed by atoms with Gasteiger partial charge in [-0.2, -0.15) is 0 Å². The van der Waals surface area contributed by atoms with Crippen molar-refractivity contribution in [2.24, 2.45) is 0 Å². The summed E-state index contributed by atoms with van der Waals surface area (Å²) in [5.74, 6) is 0. The Morgan fingerprint density at radius 3 is 2.54 bits per heavy atom. The number of unbranched alkanes of at least 4 members (excludes halogenated alkanes) is 1. The molecule has 1 aliphatic carbocycles. The first-order valence-corrected chi connectivity index (χ1v) is 10.1. The number of hydrogen-bond donors (Lipinski definition) is 0. The van der Waals surface area contributed by atoms with E-state index in [1.807, 2.05) is 0 Å². The number of nitrogens with zero attached hydrogens (tertiary/aromatic N) is 2. The highest BCUT2D eigenvalue weighted by atomic mass is 15.3. The molecule has 1 aromatic rings. The van der Waals surface area contributed by atoms with Gasteiger partial charge in [-0.05, 0) is 50.3 Å². The van der Waals surface area contributed by atoms with Gasteiger partial charge in [0, 0.05) is 37.4 Å². The predicted molar refractivity (Wildman–Crippen MR) is 106 cm³/mol. The Morgan fingerprint density at radius 1 is 0.917 bits per heavy atom. The van der Waals surface area contributed by atoms with Crippen LogP contribution < -0.4 is 4.90 Å². The molecule has 0 bridgehead atoms. The third kappa shape index (κ3) is 4.63. The Balaban J connectivity index is 1.70. The van der Waals surface area contributed by atoms with Crippen LogP contribution in [0, 0.1) is 0 Å². The average Bonchev–Trinajstić information content (AvgIpc) is 2.60. The van der Waals surface area contributed by atoms with Gasteiger partial charge in [-0.25, -0.2) is 0 Å². The van der Waals surface area contributed by atoms with Crippen molar-refractivity contribution >= 4 is 11.3 Å². The van der Waals surface area contributed by atoms with Crippen molar-refractivity contribution in [1.29, 1.82) is 0 Å². The van der Waals surface area contributed by atoms with Gasteiger partial charge in [0.05, 0.1) is 0 Å². The number of allylic oxidation sites excluding steroid dienone is 2. The lowest BCUT2D eigenvalue weighted by Crippen LogP contribution is -2.46. The fraction of sp³-hybridized carbons (Fsp3) is 0.636. The van der Waals surface area contributed by atoms with E-state index in [1.165, 1.54) is 95.3 Å².